The van der Waals surface area contributed by atoms with Gasteiger partial charge in [-0.3, -0.25) is 14.3 Å². The number of nitrogens with one attached hydrogen (secondary N) is 2. The van der Waals surface area contributed by atoms with E-state index in [1.165, 1.54) is 22.7 Å². The normalized spacial score (nSPS) is 11.2. The molecule has 1 aromatic carbocycles. The van der Waals surface area contributed by atoms with E-state index in [-0.39, 0.29) is 18.1 Å². The molecule has 0 atom stereocenters. The van der Waals surface area contributed by atoms with Crippen molar-refractivity contribution in [2.75, 3.05) is 16.3 Å². The number of carbonyl (C=O) groups excluding carboxylic acids is 2. The largest absolute Gasteiger partial charge is 0.302 e. The van der Waals surface area contributed by atoms with Gasteiger partial charge in [0.2, 0.25) is 15.9 Å². The molecule has 7 nitrogen and oxygen atoms in total. The Hall–Kier alpha value is -2.56. The third kappa shape index (κ3) is 6.48. The number of thiophene rings is 1. The van der Waals surface area contributed by atoms with Gasteiger partial charge >= 0.3 is 0 Å². The van der Waals surface area contributed by atoms with E-state index in [9.17, 15) is 18.0 Å². The highest BCUT2D eigenvalue weighted by atomic mass is 32.2. The Balaban J connectivity index is 1.50. The van der Waals surface area contributed by atoms with Crippen LogP contribution in [0.2, 0.25) is 0 Å². The van der Waals surface area contributed by atoms with E-state index < -0.39 is 10.0 Å². The molecule has 1 amide bonds. The summed E-state index contributed by atoms with van der Waals surface area (Å²) in [6.45, 7) is 0. The fourth-order valence-corrected chi connectivity index (χ4v) is 4.53. The van der Waals surface area contributed by atoms with E-state index >= 15 is 0 Å². The highest BCUT2D eigenvalue weighted by Crippen LogP contribution is 2.26. The Morgan fingerprint density at radius 3 is 2.48 bits per heavy atom. The summed E-state index contributed by atoms with van der Waals surface area (Å²) in [4.78, 5) is 29.1. The second-order valence-electron chi connectivity index (χ2n) is 6.29. The van der Waals surface area contributed by atoms with Gasteiger partial charge in [0.25, 0.3) is 0 Å². The summed E-state index contributed by atoms with van der Waals surface area (Å²) in [5.74, 6) is -0.129. The molecule has 0 radical (unpaired) electrons. The van der Waals surface area contributed by atoms with Gasteiger partial charge in [0.1, 0.15) is 0 Å². The number of hydrogen-bond donors (Lipinski definition) is 2. The second kappa shape index (κ2) is 9.29. The Bertz CT molecular complexity index is 1090. The van der Waals surface area contributed by atoms with E-state index in [1.54, 1.807) is 30.3 Å². The molecule has 29 heavy (non-hydrogen) atoms. The summed E-state index contributed by atoms with van der Waals surface area (Å²) in [6.07, 6.45) is 2.16. The molecule has 0 aliphatic rings. The zero-order valence-corrected chi connectivity index (χ0v) is 18.0. The number of amides is 1. The monoisotopic (exact) mass is 449 g/mol. The summed E-state index contributed by atoms with van der Waals surface area (Å²) in [7, 11) is -3.32. The van der Waals surface area contributed by atoms with Crippen LogP contribution in [0, 0.1) is 0 Å². The topological polar surface area (TPSA) is 105 Å². The van der Waals surface area contributed by atoms with E-state index in [2.05, 4.69) is 15.0 Å². The van der Waals surface area contributed by atoms with Crippen LogP contribution < -0.4 is 10.0 Å². The van der Waals surface area contributed by atoms with Gasteiger partial charge in [0.05, 0.1) is 16.8 Å². The fourth-order valence-electron chi connectivity index (χ4n) is 2.54. The van der Waals surface area contributed by atoms with Crippen LogP contribution in [0.1, 0.15) is 28.9 Å². The molecule has 0 saturated carbocycles. The van der Waals surface area contributed by atoms with Gasteiger partial charge < -0.3 is 5.32 Å². The van der Waals surface area contributed by atoms with Gasteiger partial charge in [-0.15, -0.1) is 22.7 Å². The molecule has 2 heterocycles. The molecule has 0 spiro atoms. The van der Waals surface area contributed by atoms with E-state index in [0.29, 0.717) is 34.2 Å². The molecule has 0 aliphatic carbocycles. The van der Waals surface area contributed by atoms with Gasteiger partial charge in [0, 0.05) is 29.5 Å². The third-order valence-electron chi connectivity index (χ3n) is 3.84. The SMILES string of the molecule is CS(=O)(=O)Nc1ccc(-c2csc(NC(=O)CCCC(=O)c3cccs3)n2)cc1. The van der Waals surface area contributed by atoms with E-state index in [1.807, 2.05) is 16.8 Å². The van der Waals surface area contributed by atoms with Gasteiger partial charge in [0.15, 0.2) is 10.9 Å². The number of aromatic nitrogens is 1. The molecule has 0 unspecified atom stereocenters. The first-order valence-electron chi connectivity index (χ1n) is 8.70. The summed E-state index contributed by atoms with van der Waals surface area (Å²) >= 11 is 2.71. The van der Waals surface area contributed by atoms with Crippen molar-refractivity contribution in [1.29, 1.82) is 0 Å². The molecule has 10 heteroatoms. The highest BCUT2D eigenvalue weighted by molar-refractivity contribution is 7.92. The number of hydrogen-bond acceptors (Lipinski definition) is 7. The van der Waals surface area contributed by atoms with Crippen LogP contribution in [-0.4, -0.2) is 31.3 Å². The first-order chi connectivity index (χ1) is 13.8. The number of sulfonamides is 1. The molecule has 0 fully saturated rings. The quantitative estimate of drug-likeness (QED) is 0.476. The average molecular weight is 450 g/mol. The number of benzene rings is 1. The first kappa shape index (κ1) is 21.2. The fraction of sp³-hybridized carbons (Fsp3) is 0.211. The van der Waals surface area contributed by atoms with E-state index in [0.717, 1.165) is 11.8 Å². The highest BCUT2D eigenvalue weighted by Gasteiger charge is 2.11. The van der Waals surface area contributed by atoms with Crippen LogP contribution in [0.25, 0.3) is 11.3 Å². The van der Waals surface area contributed by atoms with Gasteiger partial charge in [-0.1, -0.05) is 18.2 Å². The maximum atomic E-state index is 12.1. The van der Waals surface area contributed by atoms with Crippen molar-refractivity contribution < 1.29 is 18.0 Å². The van der Waals surface area contributed by atoms with Gasteiger partial charge in [-0.2, -0.15) is 0 Å². The molecule has 0 aliphatic heterocycles. The maximum Gasteiger partial charge on any atom is 0.229 e. The zero-order chi connectivity index (χ0) is 20.9. The lowest BCUT2D eigenvalue weighted by Gasteiger charge is -2.04. The maximum absolute atomic E-state index is 12.1. The van der Waals surface area contributed by atoms with Crippen LogP contribution in [-0.2, 0) is 14.8 Å². The number of Topliss-reactive ketones (excluding diaryl/α,β-unsaturated/α-hetero) is 1. The van der Waals surface area contributed by atoms with Gasteiger partial charge in [-0.05, 0) is 30.0 Å². The van der Waals surface area contributed by atoms with E-state index in [4.69, 9.17) is 0 Å². The molecular formula is C19H19N3O4S3. The van der Waals surface area contributed by atoms with Crippen molar-refractivity contribution in [3.05, 3.63) is 52.0 Å². The van der Waals surface area contributed by atoms with Crippen LogP contribution in [0.5, 0.6) is 0 Å². The first-order valence-corrected chi connectivity index (χ1v) is 12.4. The molecule has 2 aromatic heterocycles. The van der Waals surface area contributed by atoms with Crippen LogP contribution in [0.15, 0.2) is 47.2 Å². The minimum absolute atomic E-state index is 0.0538. The molecule has 0 bridgehead atoms. The number of nitrogens with zero attached hydrogens (tertiary/aromatic N) is 1. The Morgan fingerprint density at radius 1 is 1.07 bits per heavy atom. The Kier molecular flexibility index (Phi) is 6.78. The summed E-state index contributed by atoms with van der Waals surface area (Å²) in [5.41, 5.74) is 1.96. The molecular weight excluding hydrogens is 430 g/mol. The summed E-state index contributed by atoms with van der Waals surface area (Å²) in [6, 6.07) is 10.4. The molecule has 3 aromatic rings. The Morgan fingerprint density at radius 2 is 1.83 bits per heavy atom. The predicted molar refractivity (Wildman–Crippen MR) is 117 cm³/mol. The zero-order valence-electron chi connectivity index (χ0n) is 15.5. The second-order valence-corrected chi connectivity index (χ2v) is 9.85. The lowest BCUT2D eigenvalue weighted by molar-refractivity contribution is -0.116. The van der Waals surface area contributed by atoms with Crippen molar-refractivity contribution in [3.63, 3.8) is 0 Å². The number of rotatable bonds is 9. The number of anilines is 2. The summed E-state index contributed by atoms with van der Waals surface area (Å²) in [5, 5.41) is 6.90. The van der Waals surface area contributed by atoms with Crippen LogP contribution >= 0.6 is 22.7 Å². The van der Waals surface area contributed by atoms with Crippen LogP contribution in [0.4, 0.5) is 10.8 Å². The van der Waals surface area contributed by atoms with Crippen LogP contribution in [0.3, 0.4) is 0 Å². The molecule has 2 N–H and O–H groups in total. The number of ketones is 1. The van der Waals surface area contributed by atoms with Crippen molar-refractivity contribution in [1.82, 2.24) is 4.98 Å². The van der Waals surface area contributed by atoms with Crippen molar-refractivity contribution in [3.8, 4) is 11.3 Å². The summed E-state index contributed by atoms with van der Waals surface area (Å²) < 4.78 is 24.9. The van der Waals surface area contributed by atoms with Crippen molar-refractivity contribution in [2.45, 2.75) is 19.3 Å². The average Bonchev–Trinajstić information content (AvgIpc) is 3.33. The predicted octanol–water partition coefficient (Wildman–Crippen LogP) is 4.23. The number of carbonyl (C=O) groups is 2. The molecule has 0 saturated heterocycles. The minimum Gasteiger partial charge on any atom is -0.302 e. The molecule has 152 valence electrons. The standard InChI is InChI=1S/C19H19N3O4S3/c1-29(25,26)22-14-9-7-13(8-10-14)15-12-28-19(20-15)21-18(24)6-2-4-16(23)17-5-3-11-27-17/h3,5,7-12,22H,2,4,6H2,1H3,(H,20,21,24). The lowest BCUT2D eigenvalue weighted by Crippen LogP contribution is -2.11. The third-order valence-corrected chi connectivity index (χ3v) is 6.11. The Labute approximate surface area is 176 Å². The minimum atomic E-state index is -3.32. The van der Waals surface area contributed by atoms with Crippen molar-refractivity contribution in [2.24, 2.45) is 0 Å². The number of thiazole rings is 1. The van der Waals surface area contributed by atoms with Gasteiger partial charge in [-0.25, -0.2) is 13.4 Å². The smallest absolute Gasteiger partial charge is 0.229 e. The molecule has 3 rings (SSSR count). The van der Waals surface area contributed by atoms with Crippen molar-refractivity contribution >= 4 is 55.2 Å². The lowest BCUT2D eigenvalue weighted by atomic mass is 10.1.